The van der Waals surface area contributed by atoms with E-state index < -0.39 is 0 Å². The Morgan fingerprint density at radius 2 is 2.09 bits per heavy atom. The van der Waals surface area contributed by atoms with E-state index in [1.54, 1.807) is 0 Å². The van der Waals surface area contributed by atoms with Gasteiger partial charge in [-0.15, -0.1) is 0 Å². The maximum Gasteiger partial charge on any atom is 0.240 e. The summed E-state index contributed by atoms with van der Waals surface area (Å²) in [4.78, 5) is 13.9. The largest absolute Gasteiger partial charge is 0.349 e. The summed E-state index contributed by atoms with van der Waals surface area (Å²) in [7, 11) is 0. The lowest BCUT2D eigenvalue weighted by Gasteiger charge is -2.34. The van der Waals surface area contributed by atoms with Crippen molar-refractivity contribution in [2.75, 3.05) is 32.7 Å². The third-order valence-corrected chi connectivity index (χ3v) is 5.21. The van der Waals surface area contributed by atoms with Gasteiger partial charge in [-0.1, -0.05) is 37.2 Å². The monoisotopic (exact) mass is 323 g/mol. The van der Waals surface area contributed by atoms with Crippen LogP contribution in [0.3, 0.4) is 0 Å². The molecule has 0 amide bonds. The van der Waals surface area contributed by atoms with Crippen LogP contribution in [0.25, 0.3) is 0 Å². The summed E-state index contributed by atoms with van der Waals surface area (Å²) < 4.78 is 5.36. The number of amidine groups is 1. The molecular weight excluding hydrogens is 298 g/mol. The first kappa shape index (κ1) is 15.8. The van der Waals surface area contributed by atoms with Crippen molar-refractivity contribution in [3.05, 3.63) is 11.7 Å². The predicted octanol–water partition coefficient (Wildman–Crippen LogP) is 2.02. The Bertz CT molecular complexity index is 510. The van der Waals surface area contributed by atoms with Crippen LogP contribution in [0.2, 0.25) is 0 Å². The van der Waals surface area contributed by atoms with Crippen molar-refractivity contribution in [1.29, 1.82) is 0 Å². The average molecular weight is 323 g/mol. The van der Waals surface area contributed by atoms with E-state index in [-0.39, 0.29) is 0 Å². The molecule has 0 bridgehead atoms. The maximum atomic E-state index is 5.36. The van der Waals surface area contributed by atoms with Crippen LogP contribution in [0.4, 0.5) is 0 Å². The molecule has 1 atom stereocenters. The number of unbranched alkanes of at least 4 members (excludes halogenated alkanes) is 1. The third kappa shape index (κ3) is 4.01. The summed E-state index contributed by atoms with van der Waals surface area (Å²) in [5, 5.41) is 5.92. The highest BCUT2D eigenvalue weighted by Crippen LogP contribution is 2.23. The van der Waals surface area contributed by atoms with Crippen molar-refractivity contribution in [2.45, 2.75) is 44.9 Å². The molecule has 1 aromatic rings. The van der Waals surface area contributed by atoms with Crippen LogP contribution in [0.5, 0.6) is 0 Å². The summed E-state index contributed by atoms with van der Waals surface area (Å²) in [6.45, 7) is 10.3. The van der Waals surface area contributed by atoms with E-state index >= 15 is 0 Å². The molecule has 3 heterocycles. The molecule has 1 fully saturated rings. The summed E-state index contributed by atoms with van der Waals surface area (Å²) in [6, 6.07) is 0. The van der Waals surface area contributed by atoms with Gasteiger partial charge in [-0.05, 0) is 6.42 Å². The highest BCUT2D eigenvalue weighted by molar-refractivity contribution is 8.14. The molecule has 1 aromatic heterocycles. The van der Waals surface area contributed by atoms with Crippen LogP contribution >= 0.6 is 11.8 Å². The molecule has 7 heteroatoms. The van der Waals surface area contributed by atoms with Crippen LogP contribution < -0.4 is 0 Å². The molecule has 0 saturated carbocycles. The number of aliphatic imine (C=N–C) groups is 1. The van der Waals surface area contributed by atoms with E-state index in [1.165, 1.54) is 5.17 Å². The average Bonchev–Trinajstić information content (AvgIpc) is 3.15. The van der Waals surface area contributed by atoms with Crippen LogP contribution in [0, 0.1) is 0 Å². The molecule has 0 aliphatic carbocycles. The van der Waals surface area contributed by atoms with Crippen LogP contribution in [-0.2, 0) is 13.0 Å². The SMILES string of the molecule is CCCCc1noc(CN2CCN(C3=NCC(C)S3)CC2)n1. The molecular formula is C15H25N5OS. The summed E-state index contributed by atoms with van der Waals surface area (Å²) >= 11 is 1.90. The fourth-order valence-electron chi connectivity index (χ4n) is 2.72. The number of hydrogen-bond acceptors (Lipinski definition) is 7. The van der Waals surface area contributed by atoms with Gasteiger partial charge in [0.2, 0.25) is 5.89 Å². The minimum atomic E-state index is 0.632. The fourth-order valence-corrected chi connectivity index (χ4v) is 3.70. The first-order valence-corrected chi connectivity index (χ1v) is 9.12. The van der Waals surface area contributed by atoms with Crippen molar-refractivity contribution in [3.63, 3.8) is 0 Å². The number of aromatic nitrogens is 2. The molecule has 1 unspecified atom stereocenters. The molecule has 0 aromatic carbocycles. The minimum absolute atomic E-state index is 0.632. The summed E-state index contributed by atoms with van der Waals surface area (Å²) in [5.41, 5.74) is 0. The van der Waals surface area contributed by atoms with Crippen molar-refractivity contribution in [2.24, 2.45) is 4.99 Å². The quantitative estimate of drug-likeness (QED) is 0.826. The van der Waals surface area contributed by atoms with Gasteiger partial charge in [-0.3, -0.25) is 9.89 Å². The smallest absolute Gasteiger partial charge is 0.240 e. The maximum absolute atomic E-state index is 5.36. The second-order valence-electron chi connectivity index (χ2n) is 6.02. The first-order valence-electron chi connectivity index (χ1n) is 8.24. The van der Waals surface area contributed by atoms with E-state index in [4.69, 9.17) is 4.52 Å². The van der Waals surface area contributed by atoms with Gasteiger partial charge in [0.1, 0.15) is 0 Å². The Morgan fingerprint density at radius 3 is 2.77 bits per heavy atom. The Kier molecular flexibility index (Phi) is 5.36. The molecule has 22 heavy (non-hydrogen) atoms. The molecule has 3 rings (SSSR count). The predicted molar refractivity (Wildman–Crippen MR) is 89.1 cm³/mol. The highest BCUT2D eigenvalue weighted by atomic mass is 32.2. The molecule has 122 valence electrons. The third-order valence-electron chi connectivity index (χ3n) is 4.06. The number of rotatable bonds is 5. The normalized spacial score (nSPS) is 23.1. The number of thioether (sulfide) groups is 1. The van der Waals surface area contributed by atoms with Gasteiger partial charge in [0, 0.05) is 37.8 Å². The lowest BCUT2D eigenvalue weighted by Crippen LogP contribution is -2.47. The van der Waals surface area contributed by atoms with Gasteiger partial charge >= 0.3 is 0 Å². The molecule has 6 nitrogen and oxygen atoms in total. The minimum Gasteiger partial charge on any atom is -0.349 e. The fraction of sp³-hybridized carbons (Fsp3) is 0.800. The molecule has 0 spiro atoms. The van der Waals surface area contributed by atoms with Crippen LogP contribution in [0.1, 0.15) is 38.4 Å². The van der Waals surface area contributed by atoms with Gasteiger partial charge in [-0.2, -0.15) is 4.98 Å². The summed E-state index contributed by atoms with van der Waals surface area (Å²) in [5.74, 6) is 1.60. The Hall–Kier alpha value is -1.08. The number of hydrogen-bond donors (Lipinski definition) is 0. The molecule has 0 radical (unpaired) electrons. The zero-order chi connectivity index (χ0) is 15.4. The topological polar surface area (TPSA) is 57.8 Å². The van der Waals surface area contributed by atoms with Crippen LogP contribution in [-0.4, -0.2) is 63.1 Å². The van der Waals surface area contributed by atoms with Gasteiger partial charge < -0.3 is 9.42 Å². The van der Waals surface area contributed by atoms with Crippen molar-refractivity contribution in [1.82, 2.24) is 19.9 Å². The first-order chi connectivity index (χ1) is 10.7. The van der Waals surface area contributed by atoms with Gasteiger partial charge in [0.05, 0.1) is 13.1 Å². The lowest BCUT2D eigenvalue weighted by molar-refractivity contribution is 0.159. The van der Waals surface area contributed by atoms with E-state index in [9.17, 15) is 0 Å². The summed E-state index contributed by atoms with van der Waals surface area (Å²) in [6.07, 6.45) is 3.20. The second-order valence-corrected chi connectivity index (χ2v) is 7.43. The number of aryl methyl sites for hydroxylation is 1. The molecule has 1 saturated heterocycles. The standard InChI is InChI=1S/C15H25N5OS/c1-3-4-5-13-17-14(21-18-13)11-19-6-8-20(9-7-19)15-16-10-12(2)22-15/h12H,3-11H2,1-2H3. The molecule has 2 aliphatic rings. The zero-order valence-corrected chi connectivity index (χ0v) is 14.3. The number of piperazine rings is 1. The van der Waals surface area contributed by atoms with Crippen molar-refractivity contribution in [3.8, 4) is 0 Å². The van der Waals surface area contributed by atoms with E-state index in [1.807, 2.05) is 11.8 Å². The van der Waals surface area contributed by atoms with Gasteiger partial charge in [0.15, 0.2) is 11.0 Å². The van der Waals surface area contributed by atoms with Crippen molar-refractivity contribution >= 4 is 16.9 Å². The lowest BCUT2D eigenvalue weighted by atomic mass is 10.2. The Labute approximate surface area is 136 Å². The van der Waals surface area contributed by atoms with E-state index in [2.05, 4.69) is 38.8 Å². The Morgan fingerprint density at radius 1 is 1.27 bits per heavy atom. The highest BCUT2D eigenvalue weighted by Gasteiger charge is 2.25. The van der Waals surface area contributed by atoms with E-state index in [0.29, 0.717) is 5.25 Å². The zero-order valence-electron chi connectivity index (χ0n) is 13.5. The van der Waals surface area contributed by atoms with Gasteiger partial charge in [0.25, 0.3) is 0 Å². The van der Waals surface area contributed by atoms with Crippen LogP contribution in [0.15, 0.2) is 9.52 Å². The van der Waals surface area contributed by atoms with Gasteiger partial charge in [-0.25, -0.2) is 0 Å². The van der Waals surface area contributed by atoms with Crippen molar-refractivity contribution < 1.29 is 4.52 Å². The molecule has 2 aliphatic heterocycles. The van der Waals surface area contributed by atoms with E-state index in [0.717, 1.165) is 70.2 Å². The Balaban J connectivity index is 1.44. The number of nitrogens with zero attached hydrogens (tertiary/aromatic N) is 5. The second kappa shape index (κ2) is 7.46. The molecule has 0 N–H and O–H groups in total.